The van der Waals surface area contributed by atoms with Gasteiger partial charge in [0.05, 0.1) is 5.52 Å². The molecule has 0 aliphatic rings. The highest BCUT2D eigenvalue weighted by Crippen LogP contribution is 2.27. The van der Waals surface area contributed by atoms with Crippen LogP contribution in [0.3, 0.4) is 0 Å². The first-order chi connectivity index (χ1) is 10.2. The zero-order valence-electron chi connectivity index (χ0n) is 11.0. The number of carbonyl (C=O) groups excluding carboxylic acids is 1. The zero-order valence-corrected chi connectivity index (χ0v) is 12.5. The summed E-state index contributed by atoms with van der Waals surface area (Å²) in [6.07, 6.45) is 1.88. The van der Waals surface area contributed by atoms with Crippen LogP contribution in [0.1, 0.15) is 15.9 Å². The number of pyridine rings is 1. The number of Topliss-reactive ketones (excluding diaryl/α,β-unsaturated/α-hetero) is 1. The normalized spacial score (nSPS) is 10.8. The number of aromatic nitrogens is 1. The molecule has 4 heteroatoms. The van der Waals surface area contributed by atoms with Gasteiger partial charge in [-0.15, -0.1) is 0 Å². The molecule has 1 aromatic heterocycles. The minimum atomic E-state index is -0.0244. The minimum Gasteiger partial charge on any atom is -0.294 e. The molecule has 3 rings (SSSR count). The van der Waals surface area contributed by atoms with Gasteiger partial charge in [-0.3, -0.25) is 9.78 Å². The van der Waals surface area contributed by atoms with Crippen LogP contribution in [0.15, 0.2) is 54.7 Å². The summed E-state index contributed by atoms with van der Waals surface area (Å²) in [7, 11) is 0. The fourth-order valence-corrected chi connectivity index (χ4v) is 2.83. The van der Waals surface area contributed by atoms with Gasteiger partial charge in [0.2, 0.25) is 0 Å². The highest BCUT2D eigenvalue weighted by molar-refractivity contribution is 6.36. The Morgan fingerprint density at radius 2 is 1.67 bits per heavy atom. The number of nitrogens with zero attached hydrogens (tertiary/aromatic N) is 1. The second kappa shape index (κ2) is 5.84. The monoisotopic (exact) mass is 315 g/mol. The summed E-state index contributed by atoms with van der Waals surface area (Å²) in [5, 5.41) is 1.86. The largest absolute Gasteiger partial charge is 0.294 e. The molecule has 0 saturated heterocycles. The van der Waals surface area contributed by atoms with E-state index < -0.39 is 0 Å². The molecule has 1 heterocycles. The van der Waals surface area contributed by atoms with Gasteiger partial charge in [-0.1, -0.05) is 47.5 Å². The van der Waals surface area contributed by atoms with Crippen LogP contribution in [0, 0.1) is 0 Å². The van der Waals surface area contributed by atoms with Crippen molar-refractivity contribution in [2.75, 3.05) is 0 Å². The van der Waals surface area contributed by atoms with E-state index in [1.807, 2.05) is 24.3 Å². The average Bonchev–Trinajstić information content (AvgIpc) is 2.50. The van der Waals surface area contributed by atoms with Gasteiger partial charge in [0, 0.05) is 33.6 Å². The number of ketones is 1. The summed E-state index contributed by atoms with van der Waals surface area (Å²) < 4.78 is 0. The van der Waals surface area contributed by atoms with E-state index in [9.17, 15) is 4.79 Å². The van der Waals surface area contributed by atoms with E-state index in [0.29, 0.717) is 21.2 Å². The second-order valence-electron chi connectivity index (χ2n) is 4.68. The Kier molecular flexibility index (Phi) is 3.91. The van der Waals surface area contributed by atoms with E-state index >= 15 is 0 Å². The molecule has 0 aliphatic carbocycles. The maximum Gasteiger partial charge on any atom is 0.168 e. The Morgan fingerprint density at radius 3 is 2.43 bits per heavy atom. The Morgan fingerprint density at radius 1 is 0.952 bits per heavy atom. The molecule has 3 aromatic rings. The second-order valence-corrected chi connectivity index (χ2v) is 5.49. The standard InChI is InChI=1S/C17H11Cl2NO/c18-14-6-2-7-15(19)13(14)10-17(21)12-4-1-8-16-11(12)5-3-9-20-16/h1-9H,10H2. The van der Waals surface area contributed by atoms with Crippen LogP contribution in [0.25, 0.3) is 10.9 Å². The maximum absolute atomic E-state index is 12.6. The number of hydrogen-bond donors (Lipinski definition) is 0. The minimum absolute atomic E-state index is 0.0244. The number of carbonyl (C=O) groups is 1. The average molecular weight is 316 g/mol. The van der Waals surface area contributed by atoms with Gasteiger partial charge in [0.25, 0.3) is 0 Å². The molecule has 104 valence electrons. The highest BCUT2D eigenvalue weighted by atomic mass is 35.5. The third-order valence-electron chi connectivity index (χ3n) is 3.35. The third-order valence-corrected chi connectivity index (χ3v) is 4.05. The van der Waals surface area contributed by atoms with E-state index in [1.165, 1.54) is 0 Å². The fourth-order valence-electron chi connectivity index (χ4n) is 2.30. The molecule has 0 N–H and O–H groups in total. The van der Waals surface area contributed by atoms with Gasteiger partial charge in [0.15, 0.2) is 5.78 Å². The van der Waals surface area contributed by atoms with Crippen LogP contribution in [0.2, 0.25) is 10.0 Å². The van der Waals surface area contributed by atoms with Crippen LogP contribution in [-0.4, -0.2) is 10.8 Å². The Balaban J connectivity index is 2.02. The van der Waals surface area contributed by atoms with Gasteiger partial charge in [0.1, 0.15) is 0 Å². The van der Waals surface area contributed by atoms with E-state index in [1.54, 1.807) is 30.5 Å². The first-order valence-corrected chi connectivity index (χ1v) is 7.22. The topological polar surface area (TPSA) is 30.0 Å². The number of halogens is 2. The molecule has 2 nitrogen and oxygen atoms in total. The van der Waals surface area contributed by atoms with Crippen molar-refractivity contribution in [3.05, 3.63) is 75.9 Å². The van der Waals surface area contributed by atoms with E-state index in [0.717, 1.165) is 10.9 Å². The molecular formula is C17H11Cl2NO. The van der Waals surface area contributed by atoms with Crippen molar-refractivity contribution < 1.29 is 4.79 Å². The van der Waals surface area contributed by atoms with Crippen LogP contribution < -0.4 is 0 Å². The SMILES string of the molecule is O=C(Cc1c(Cl)cccc1Cl)c1cccc2ncccc12. The Labute approximate surface area is 132 Å². The molecule has 21 heavy (non-hydrogen) atoms. The summed E-state index contributed by atoms with van der Waals surface area (Å²) >= 11 is 12.3. The molecular weight excluding hydrogens is 305 g/mol. The molecule has 0 radical (unpaired) electrons. The van der Waals surface area contributed by atoms with Crippen LogP contribution in [-0.2, 0) is 6.42 Å². The lowest BCUT2D eigenvalue weighted by molar-refractivity contribution is 0.0994. The Hall–Kier alpha value is -1.90. The van der Waals surface area contributed by atoms with Crippen molar-refractivity contribution in [2.24, 2.45) is 0 Å². The fraction of sp³-hybridized carbons (Fsp3) is 0.0588. The molecule has 0 amide bonds. The van der Waals surface area contributed by atoms with Crippen molar-refractivity contribution in [3.63, 3.8) is 0 Å². The highest BCUT2D eigenvalue weighted by Gasteiger charge is 2.14. The third kappa shape index (κ3) is 2.78. The predicted molar refractivity (Wildman–Crippen MR) is 86.2 cm³/mol. The van der Waals surface area contributed by atoms with Gasteiger partial charge >= 0.3 is 0 Å². The van der Waals surface area contributed by atoms with Gasteiger partial charge in [-0.2, -0.15) is 0 Å². The van der Waals surface area contributed by atoms with Crippen molar-refractivity contribution in [3.8, 4) is 0 Å². The van der Waals surface area contributed by atoms with Crippen molar-refractivity contribution in [1.82, 2.24) is 4.98 Å². The van der Waals surface area contributed by atoms with E-state index in [-0.39, 0.29) is 12.2 Å². The zero-order chi connectivity index (χ0) is 14.8. The summed E-state index contributed by atoms with van der Waals surface area (Å²) in [6, 6.07) is 14.5. The number of benzene rings is 2. The molecule has 0 fully saturated rings. The number of hydrogen-bond acceptors (Lipinski definition) is 2. The van der Waals surface area contributed by atoms with Crippen LogP contribution in [0.4, 0.5) is 0 Å². The lowest BCUT2D eigenvalue weighted by Gasteiger charge is -2.08. The smallest absolute Gasteiger partial charge is 0.168 e. The first-order valence-electron chi connectivity index (χ1n) is 6.46. The summed E-state index contributed by atoms with van der Waals surface area (Å²) in [4.78, 5) is 16.8. The quantitative estimate of drug-likeness (QED) is 0.639. The van der Waals surface area contributed by atoms with Gasteiger partial charge in [-0.05, 0) is 29.8 Å². The first kappa shape index (κ1) is 14.1. The van der Waals surface area contributed by atoms with Crippen LogP contribution in [0.5, 0.6) is 0 Å². The van der Waals surface area contributed by atoms with Crippen LogP contribution >= 0.6 is 23.2 Å². The molecule has 0 bridgehead atoms. The van der Waals surface area contributed by atoms with Crippen molar-refractivity contribution >= 4 is 39.9 Å². The predicted octanol–water partition coefficient (Wildman–Crippen LogP) is 4.97. The molecule has 0 atom stereocenters. The van der Waals surface area contributed by atoms with Crippen molar-refractivity contribution in [2.45, 2.75) is 6.42 Å². The molecule has 2 aromatic carbocycles. The van der Waals surface area contributed by atoms with E-state index in [2.05, 4.69) is 4.98 Å². The molecule has 0 spiro atoms. The molecule has 0 saturated carbocycles. The van der Waals surface area contributed by atoms with Gasteiger partial charge in [-0.25, -0.2) is 0 Å². The number of fused-ring (bicyclic) bond motifs is 1. The molecule has 0 unspecified atom stereocenters. The van der Waals surface area contributed by atoms with E-state index in [4.69, 9.17) is 23.2 Å². The van der Waals surface area contributed by atoms with Gasteiger partial charge < -0.3 is 0 Å². The maximum atomic E-state index is 12.6. The summed E-state index contributed by atoms with van der Waals surface area (Å²) in [5.74, 6) is -0.0244. The Bertz CT molecular complexity index is 804. The number of rotatable bonds is 3. The lowest BCUT2D eigenvalue weighted by Crippen LogP contribution is -2.05. The summed E-state index contributed by atoms with van der Waals surface area (Å²) in [5.41, 5.74) is 2.09. The summed E-state index contributed by atoms with van der Waals surface area (Å²) in [6.45, 7) is 0. The molecule has 0 aliphatic heterocycles. The van der Waals surface area contributed by atoms with Crippen molar-refractivity contribution in [1.29, 1.82) is 0 Å². The lowest BCUT2D eigenvalue weighted by atomic mass is 9.99.